The molecule has 0 aliphatic carbocycles. The summed E-state index contributed by atoms with van der Waals surface area (Å²) in [4.78, 5) is 23.3. The van der Waals surface area contributed by atoms with E-state index in [-0.39, 0.29) is 13.0 Å². The maximum Gasteiger partial charge on any atom is 0.466 e. The van der Waals surface area contributed by atoms with E-state index in [0.29, 0.717) is 0 Å². The Labute approximate surface area is 176 Å². The van der Waals surface area contributed by atoms with Gasteiger partial charge in [0.15, 0.2) is 10.1 Å². The quantitative estimate of drug-likeness (QED) is 0.101. The van der Waals surface area contributed by atoms with Crippen molar-refractivity contribution in [3.05, 3.63) is 12.4 Å². The molecule has 0 rings (SSSR count). The van der Waals surface area contributed by atoms with E-state index in [2.05, 4.69) is 16.1 Å². The first kappa shape index (κ1) is 30.0. The van der Waals surface area contributed by atoms with Crippen LogP contribution in [0.1, 0.15) is 32.6 Å². The fourth-order valence-electron chi connectivity index (χ4n) is 1.94. The number of unbranched alkanes of at least 4 members (excludes halogenated alkanes) is 1. The summed E-state index contributed by atoms with van der Waals surface area (Å²) in [7, 11) is -6.75. The molecule has 0 saturated carbocycles. The molecule has 8 nitrogen and oxygen atoms in total. The van der Waals surface area contributed by atoms with E-state index in [1.807, 2.05) is 0 Å². The lowest BCUT2D eigenvalue weighted by atomic mass is 10.1. The average Bonchev–Trinajstić information content (AvgIpc) is 2.62. The Hall–Kier alpha value is -2.01. The fourth-order valence-corrected chi connectivity index (χ4v) is 2.41. The highest BCUT2D eigenvalue weighted by atomic mass is 32.2. The van der Waals surface area contributed by atoms with Crippen LogP contribution in [-0.2, 0) is 29.2 Å². The second-order valence-electron chi connectivity index (χ2n) is 6.15. The summed E-state index contributed by atoms with van der Waals surface area (Å²) in [5.41, 5.74) is 0. The molecular weight excluding hydrogens is 490 g/mol. The molecule has 0 spiro atoms. The zero-order valence-electron chi connectivity index (χ0n) is 16.2. The third kappa shape index (κ3) is 6.99. The Kier molecular flexibility index (Phi) is 10.1. The van der Waals surface area contributed by atoms with Gasteiger partial charge in [-0.3, -0.25) is 4.79 Å². The molecule has 0 fully saturated rings. The second-order valence-corrected chi connectivity index (χ2v) is 7.57. The van der Waals surface area contributed by atoms with E-state index in [1.54, 1.807) is 5.32 Å². The van der Waals surface area contributed by atoms with Crippen LogP contribution in [0.2, 0.25) is 0 Å². The number of esters is 1. The van der Waals surface area contributed by atoms with Crippen molar-refractivity contribution in [1.82, 2.24) is 5.32 Å². The number of carbonyl (C=O) groups excluding carboxylic acids is 2. The third-order valence-electron chi connectivity index (χ3n) is 3.60. The predicted octanol–water partition coefficient (Wildman–Crippen LogP) is 2.76. The lowest BCUT2D eigenvalue weighted by Crippen LogP contribution is -2.61. The zero-order chi connectivity index (χ0) is 25.6. The third-order valence-corrected chi connectivity index (χ3v) is 4.52. The Bertz CT molecular complexity index is 800. The van der Waals surface area contributed by atoms with Gasteiger partial charge in [0.25, 0.3) is 0 Å². The van der Waals surface area contributed by atoms with Crippen molar-refractivity contribution in [2.75, 3.05) is 13.2 Å². The van der Waals surface area contributed by atoms with Gasteiger partial charge in [0, 0.05) is 13.0 Å². The smallest absolute Gasteiger partial charge is 0.466 e. The van der Waals surface area contributed by atoms with Gasteiger partial charge in [-0.15, -0.1) is 0 Å². The van der Waals surface area contributed by atoms with Gasteiger partial charge >= 0.3 is 35.0 Å². The predicted molar refractivity (Wildman–Crippen MR) is 87.8 cm³/mol. The maximum absolute atomic E-state index is 13.5. The van der Waals surface area contributed by atoms with Crippen LogP contribution in [-0.4, -0.2) is 61.1 Å². The summed E-state index contributed by atoms with van der Waals surface area (Å²) < 4.78 is 145. The largest absolute Gasteiger partial charge is 0.743 e. The van der Waals surface area contributed by atoms with E-state index in [9.17, 15) is 57.7 Å². The van der Waals surface area contributed by atoms with E-state index >= 15 is 0 Å². The fraction of sp³-hybridized carbons (Fsp3) is 0.733. The molecule has 17 heteroatoms. The van der Waals surface area contributed by atoms with Crippen molar-refractivity contribution in [3.8, 4) is 0 Å². The summed E-state index contributed by atoms with van der Waals surface area (Å²) in [6, 6.07) is 0. The van der Waals surface area contributed by atoms with Gasteiger partial charge in [-0.1, -0.05) is 13.5 Å². The molecule has 1 N–H and O–H groups in total. The molecule has 0 aromatic rings. The Morgan fingerprint density at radius 3 is 2.00 bits per heavy atom. The molecule has 0 heterocycles. The number of hydrogen-bond acceptors (Lipinski definition) is 7. The SMILES string of the molecule is C=C(F)C(=O)OC(OCCCCC(F)(F)C(F)(F)S(=O)(=O)[O-])(C(=O)NCCC)C(F)(F)F. The minimum Gasteiger partial charge on any atom is -0.743 e. The minimum absolute atomic E-state index is 0.107. The van der Waals surface area contributed by atoms with E-state index in [4.69, 9.17) is 0 Å². The molecular formula is C15H18F8NO7S-. The Balaban J connectivity index is 5.49. The molecule has 0 bridgehead atoms. The second kappa shape index (κ2) is 10.7. The topological polar surface area (TPSA) is 122 Å². The number of nitrogens with one attached hydrogen (secondary N) is 1. The van der Waals surface area contributed by atoms with Crippen LogP contribution >= 0.6 is 0 Å². The number of halogens is 8. The number of alkyl halides is 7. The lowest BCUT2D eigenvalue weighted by Gasteiger charge is -2.33. The minimum atomic E-state index is -6.75. The Morgan fingerprint density at radius 1 is 1.06 bits per heavy atom. The van der Waals surface area contributed by atoms with Crippen molar-refractivity contribution in [2.24, 2.45) is 0 Å². The molecule has 0 saturated heterocycles. The summed E-state index contributed by atoms with van der Waals surface area (Å²) in [5.74, 6) is -16.3. The van der Waals surface area contributed by atoms with Gasteiger partial charge in [-0.25, -0.2) is 13.2 Å². The van der Waals surface area contributed by atoms with Gasteiger partial charge in [0.1, 0.15) is 0 Å². The average molecular weight is 508 g/mol. The van der Waals surface area contributed by atoms with Gasteiger partial charge in [0.05, 0.1) is 6.61 Å². The molecule has 0 aliphatic rings. The maximum atomic E-state index is 13.5. The first-order valence-electron chi connectivity index (χ1n) is 8.54. The van der Waals surface area contributed by atoms with Crippen LogP contribution in [0.4, 0.5) is 35.1 Å². The molecule has 32 heavy (non-hydrogen) atoms. The zero-order valence-corrected chi connectivity index (χ0v) is 17.1. The van der Waals surface area contributed by atoms with Crippen LogP contribution in [0.15, 0.2) is 12.4 Å². The summed E-state index contributed by atoms with van der Waals surface area (Å²) >= 11 is 0. The normalized spacial score (nSPS) is 15.1. The molecule has 1 amide bonds. The van der Waals surface area contributed by atoms with Crippen molar-refractivity contribution in [3.63, 3.8) is 0 Å². The van der Waals surface area contributed by atoms with Gasteiger partial charge in [-0.05, 0) is 19.3 Å². The van der Waals surface area contributed by atoms with Crippen molar-refractivity contribution in [1.29, 1.82) is 0 Å². The van der Waals surface area contributed by atoms with Gasteiger partial charge < -0.3 is 19.3 Å². The highest BCUT2D eigenvalue weighted by molar-refractivity contribution is 7.86. The highest BCUT2D eigenvalue weighted by Crippen LogP contribution is 2.42. The number of carbonyl (C=O) groups is 2. The molecule has 0 aromatic carbocycles. The van der Waals surface area contributed by atoms with Crippen LogP contribution in [0, 0.1) is 0 Å². The molecule has 0 aliphatic heterocycles. The van der Waals surface area contributed by atoms with E-state index in [0.717, 1.165) is 0 Å². The van der Waals surface area contributed by atoms with Crippen LogP contribution in [0.25, 0.3) is 0 Å². The van der Waals surface area contributed by atoms with Gasteiger partial charge in [0.2, 0.25) is 5.83 Å². The number of ether oxygens (including phenoxy) is 2. The Morgan fingerprint density at radius 2 is 1.59 bits per heavy atom. The van der Waals surface area contributed by atoms with Crippen molar-refractivity contribution < 1.29 is 67.2 Å². The van der Waals surface area contributed by atoms with Crippen LogP contribution in [0.5, 0.6) is 0 Å². The number of hydrogen-bond donors (Lipinski definition) is 1. The summed E-state index contributed by atoms with van der Waals surface area (Å²) in [5, 5.41) is -4.30. The number of amides is 1. The molecule has 1 atom stereocenters. The first-order valence-corrected chi connectivity index (χ1v) is 9.95. The van der Waals surface area contributed by atoms with Crippen molar-refractivity contribution in [2.45, 2.75) is 55.7 Å². The van der Waals surface area contributed by atoms with Crippen LogP contribution in [0.3, 0.4) is 0 Å². The standard InChI is InChI=1S/C15H19F8NO7S/c1-3-7-24-11(26)13(14(19,20)21,31-10(25)9(2)16)30-8-5-4-6-12(17,18)15(22,23)32(27,28)29/h2-8H2,1H3,(H,24,26)(H,27,28,29)/p-1. The lowest BCUT2D eigenvalue weighted by molar-refractivity contribution is -0.347. The molecule has 0 aromatic heterocycles. The van der Waals surface area contributed by atoms with Crippen molar-refractivity contribution >= 4 is 22.0 Å². The molecule has 1 unspecified atom stereocenters. The number of rotatable bonds is 13. The van der Waals surface area contributed by atoms with E-state index in [1.165, 1.54) is 6.92 Å². The summed E-state index contributed by atoms with van der Waals surface area (Å²) in [6.45, 7) is 2.13. The molecule has 188 valence electrons. The van der Waals surface area contributed by atoms with E-state index < -0.39 is 76.8 Å². The van der Waals surface area contributed by atoms with Gasteiger partial charge in [-0.2, -0.15) is 35.1 Å². The first-order chi connectivity index (χ1) is 14.3. The highest BCUT2D eigenvalue weighted by Gasteiger charge is 2.66. The monoisotopic (exact) mass is 508 g/mol. The van der Waals surface area contributed by atoms with Crippen LogP contribution < -0.4 is 5.32 Å². The molecule has 0 radical (unpaired) electrons. The summed E-state index contributed by atoms with van der Waals surface area (Å²) in [6.07, 6.45) is -9.73.